The summed E-state index contributed by atoms with van der Waals surface area (Å²) < 4.78 is 36.7. The molecule has 0 amide bonds. The number of hydrogen-bond acceptors (Lipinski definition) is 1. The van der Waals surface area contributed by atoms with E-state index in [0.717, 1.165) is 12.1 Å². The zero-order valence-corrected chi connectivity index (χ0v) is 7.77. The van der Waals surface area contributed by atoms with Gasteiger partial charge >= 0.3 is 6.18 Å². The van der Waals surface area contributed by atoms with Gasteiger partial charge in [0.25, 0.3) is 0 Å². The molecule has 4 heteroatoms. The molecule has 0 unspecified atom stereocenters. The molecule has 0 heterocycles. The zero-order chi connectivity index (χ0) is 11.1. The molecule has 0 aliphatic heterocycles. The van der Waals surface area contributed by atoms with E-state index in [1.54, 1.807) is 0 Å². The third-order valence-corrected chi connectivity index (χ3v) is 2.71. The van der Waals surface area contributed by atoms with Gasteiger partial charge in [-0.25, -0.2) is 0 Å². The largest absolute Gasteiger partial charge is 0.416 e. The summed E-state index contributed by atoms with van der Waals surface area (Å²) in [5, 5.41) is 0. The maximum absolute atomic E-state index is 12.2. The van der Waals surface area contributed by atoms with E-state index in [-0.39, 0.29) is 0 Å². The highest BCUT2D eigenvalue weighted by Gasteiger charge is 2.45. The minimum atomic E-state index is -4.32. The van der Waals surface area contributed by atoms with Crippen LogP contribution in [-0.4, -0.2) is 6.29 Å². The first-order valence-corrected chi connectivity index (χ1v) is 4.55. The third kappa shape index (κ3) is 1.76. The summed E-state index contributed by atoms with van der Waals surface area (Å²) in [6.07, 6.45) is -1.06. The Kier molecular flexibility index (Phi) is 2.10. The van der Waals surface area contributed by atoms with Gasteiger partial charge in [0.15, 0.2) is 0 Å². The van der Waals surface area contributed by atoms with Gasteiger partial charge in [-0.2, -0.15) is 13.2 Å². The van der Waals surface area contributed by atoms with E-state index in [2.05, 4.69) is 0 Å². The molecule has 1 aliphatic rings. The molecule has 1 radical (unpaired) electrons. The summed E-state index contributed by atoms with van der Waals surface area (Å²) in [6, 6.07) is 4.74. The van der Waals surface area contributed by atoms with E-state index in [1.165, 1.54) is 12.1 Å². The average molecular weight is 213 g/mol. The van der Waals surface area contributed by atoms with Crippen LogP contribution in [-0.2, 0) is 16.4 Å². The molecule has 0 bridgehead atoms. The second kappa shape index (κ2) is 3.08. The fraction of sp³-hybridized carbons (Fsp3) is 0.364. The predicted octanol–water partition coefficient (Wildman–Crippen LogP) is 2.85. The van der Waals surface area contributed by atoms with Crippen molar-refractivity contribution in [1.29, 1.82) is 0 Å². The molecular formula is C11H8F3O. The van der Waals surface area contributed by atoms with Crippen LogP contribution < -0.4 is 0 Å². The van der Waals surface area contributed by atoms with Gasteiger partial charge in [-0.05, 0) is 30.5 Å². The Morgan fingerprint density at radius 1 is 1.13 bits per heavy atom. The van der Waals surface area contributed by atoms with Crippen molar-refractivity contribution in [1.82, 2.24) is 0 Å². The Labute approximate surface area is 84.9 Å². The number of hydrogen-bond donors (Lipinski definition) is 0. The van der Waals surface area contributed by atoms with Gasteiger partial charge in [-0.15, -0.1) is 0 Å². The van der Waals surface area contributed by atoms with Crippen molar-refractivity contribution in [2.75, 3.05) is 0 Å². The molecule has 79 valence electrons. The number of rotatable bonds is 2. The average Bonchev–Trinajstić information content (AvgIpc) is 2.97. The number of carbonyl (C=O) groups excluding carboxylic acids is 1. The summed E-state index contributed by atoms with van der Waals surface area (Å²) in [5.41, 5.74) is -0.678. The van der Waals surface area contributed by atoms with E-state index >= 15 is 0 Å². The fourth-order valence-corrected chi connectivity index (χ4v) is 1.55. The molecule has 0 saturated heterocycles. The molecule has 2 rings (SSSR count). The Hall–Kier alpha value is -1.32. The van der Waals surface area contributed by atoms with Gasteiger partial charge in [-0.1, -0.05) is 12.1 Å². The molecule has 0 aromatic heterocycles. The quantitative estimate of drug-likeness (QED) is 0.738. The SMILES string of the molecule is O=[C]C1(c2ccc(C(F)(F)F)cc2)CC1. The van der Waals surface area contributed by atoms with Crippen LogP contribution in [0, 0.1) is 0 Å². The molecule has 1 saturated carbocycles. The second-order valence-corrected chi connectivity index (χ2v) is 3.76. The van der Waals surface area contributed by atoms with Crippen molar-refractivity contribution in [2.24, 2.45) is 0 Å². The molecule has 1 aliphatic carbocycles. The van der Waals surface area contributed by atoms with E-state index < -0.39 is 17.2 Å². The first-order valence-electron chi connectivity index (χ1n) is 4.55. The second-order valence-electron chi connectivity index (χ2n) is 3.76. The highest BCUT2D eigenvalue weighted by atomic mass is 19.4. The zero-order valence-electron chi connectivity index (χ0n) is 7.77. The molecule has 1 nitrogen and oxygen atoms in total. The minimum Gasteiger partial charge on any atom is -0.290 e. The van der Waals surface area contributed by atoms with Gasteiger partial charge in [-0.3, -0.25) is 4.79 Å². The summed E-state index contributed by atoms with van der Waals surface area (Å²) in [7, 11) is 0. The monoisotopic (exact) mass is 213 g/mol. The molecule has 1 aromatic rings. The standard InChI is InChI=1S/C11H8F3O/c12-11(13,14)9-3-1-8(2-4-9)10(7-15)5-6-10/h1-4H,5-6H2. The van der Waals surface area contributed by atoms with Crippen molar-refractivity contribution < 1.29 is 18.0 Å². The van der Waals surface area contributed by atoms with Gasteiger partial charge in [0.2, 0.25) is 6.29 Å². The summed E-state index contributed by atoms with van der Waals surface area (Å²) >= 11 is 0. The van der Waals surface area contributed by atoms with E-state index in [4.69, 9.17) is 0 Å². The Morgan fingerprint density at radius 3 is 2.00 bits per heavy atom. The molecule has 1 aromatic carbocycles. The molecule has 0 atom stereocenters. The molecule has 0 spiro atoms. The fourth-order valence-electron chi connectivity index (χ4n) is 1.55. The number of alkyl halides is 3. The van der Waals surface area contributed by atoms with Crippen LogP contribution in [0.4, 0.5) is 13.2 Å². The smallest absolute Gasteiger partial charge is 0.290 e. The van der Waals surface area contributed by atoms with Gasteiger partial charge in [0, 0.05) is 0 Å². The lowest BCUT2D eigenvalue weighted by Gasteiger charge is -2.09. The molecular weight excluding hydrogens is 205 g/mol. The van der Waals surface area contributed by atoms with Gasteiger partial charge in [0.1, 0.15) is 0 Å². The van der Waals surface area contributed by atoms with Crippen molar-refractivity contribution >= 4 is 6.29 Å². The van der Waals surface area contributed by atoms with Crippen LogP contribution in [0.2, 0.25) is 0 Å². The summed E-state index contributed by atoms with van der Waals surface area (Å²) in [4.78, 5) is 10.6. The van der Waals surface area contributed by atoms with Crippen molar-refractivity contribution in [2.45, 2.75) is 24.4 Å². The lowest BCUT2D eigenvalue weighted by atomic mass is 9.97. The lowest BCUT2D eigenvalue weighted by Crippen LogP contribution is -2.09. The van der Waals surface area contributed by atoms with Crippen LogP contribution in [0.15, 0.2) is 24.3 Å². The van der Waals surface area contributed by atoms with E-state index in [0.29, 0.717) is 18.4 Å². The molecule has 0 N–H and O–H groups in total. The van der Waals surface area contributed by atoms with Crippen LogP contribution in [0.5, 0.6) is 0 Å². The Balaban J connectivity index is 2.29. The number of halogens is 3. The van der Waals surface area contributed by atoms with Gasteiger partial charge in [0.05, 0.1) is 11.0 Å². The Morgan fingerprint density at radius 2 is 1.67 bits per heavy atom. The Bertz CT molecular complexity index is 374. The highest BCUT2D eigenvalue weighted by molar-refractivity contribution is 5.73. The summed E-state index contributed by atoms with van der Waals surface area (Å²) in [5.74, 6) is 0. The number of benzene rings is 1. The minimum absolute atomic E-state index is 0.621. The molecule has 15 heavy (non-hydrogen) atoms. The van der Waals surface area contributed by atoms with Crippen molar-refractivity contribution in [3.05, 3.63) is 35.4 Å². The highest BCUT2D eigenvalue weighted by Crippen LogP contribution is 2.46. The topological polar surface area (TPSA) is 17.1 Å². The van der Waals surface area contributed by atoms with Crippen LogP contribution >= 0.6 is 0 Å². The van der Waals surface area contributed by atoms with E-state index in [1.807, 2.05) is 6.29 Å². The molecule has 1 fully saturated rings. The predicted molar refractivity (Wildman–Crippen MR) is 48.0 cm³/mol. The third-order valence-electron chi connectivity index (χ3n) is 2.71. The van der Waals surface area contributed by atoms with Crippen LogP contribution in [0.3, 0.4) is 0 Å². The lowest BCUT2D eigenvalue weighted by molar-refractivity contribution is -0.137. The van der Waals surface area contributed by atoms with Crippen molar-refractivity contribution in [3.63, 3.8) is 0 Å². The first-order chi connectivity index (χ1) is 6.98. The van der Waals surface area contributed by atoms with Crippen LogP contribution in [0.25, 0.3) is 0 Å². The van der Waals surface area contributed by atoms with E-state index in [9.17, 15) is 18.0 Å². The first kappa shape index (κ1) is 10.2. The van der Waals surface area contributed by atoms with Crippen molar-refractivity contribution in [3.8, 4) is 0 Å². The normalized spacial score (nSPS) is 18.6. The van der Waals surface area contributed by atoms with Gasteiger partial charge < -0.3 is 0 Å². The maximum atomic E-state index is 12.2. The van der Waals surface area contributed by atoms with Crippen LogP contribution in [0.1, 0.15) is 24.0 Å². The summed E-state index contributed by atoms with van der Waals surface area (Å²) in [6.45, 7) is 0. The maximum Gasteiger partial charge on any atom is 0.416 e.